The molecule has 0 saturated heterocycles. The standard InChI is InChI=1S/C24H33N5O10/c1-12(21(35)25-11-19(32)29-17(24(38)39)8-9-20(33)34)26-22(36)13(2)27-23(37)18(28-14(3)30)10-15-4-6-16(31)7-5-15/h4-7,12-13,17-18,31H,8-11H2,1-3H3,(H,25,35)(H,26,36)(H,27,37)(H,28,30)(H,29,32)(H,33,34)(H,38,39)/t12-,13-,17-,18-/m0/s1. The van der Waals surface area contributed by atoms with Crippen molar-refractivity contribution in [2.24, 2.45) is 0 Å². The first kappa shape index (κ1) is 32.3. The van der Waals surface area contributed by atoms with Crippen LogP contribution in [0.5, 0.6) is 5.75 Å². The molecule has 1 aromatic carbocycles. The average molecular weight is 552 g/mol. The van der Waals surface area contributed by atoms with Gasteiger partial charge in [-0.1, -0.05) is 12.1 Å². The second kappa shape index (κ2) is 15.5. The third-order valence-corrected chi connectivity index (χ3v) is 5.28. The fourth-order valence-electron chi connectivity index (χ4n) is 3.20. The number of benzene rings is 1. The minimum absolute atomic E-state index is 0.0311. The molecule has 8 N–H and O–H groups in total. The number of carboxylic acids is 2. The molecule has 5 amide bonds. The van der Waals surface area contributed by atoms with E-state index in [-0.39, 0.29) is 18.6 Å². The largest absolute Gasteiger partial charge is 0.508 e. The molecule has 15 nitrogen and oxygen atoms in total. The zero-order valence-corrected chi connectivity index (χ0v) is 21.6. The van der Waals surface area contributed by atoms with Crippen LogP contribution < -0.4 is 26.6 Å². The van der Waals surface area contributed by atoms with E-state index in [0.717, 1.165) is 0 Å². The van der Waals surface area contributed by atoms with Gasteiger partial charge in [0, 0.05) is 19.8 Å². The molecule has 4 atom stereocenters. The van der Waals surface area contributed by atoms with Crippen LogP contribution in [0.15, 0.2) is 24.3 Å². The van der Waals surface area contributed by atoms with E-state index in [4.69, 9.17) is 10.2 Å². The Bertz CT molecular complexity index is 1080. The number of hydrogen-bond donors (Lipinski definition) is 8. The summed E-state index contributed by atoms with van der Waals surface area (Å²) in [6.45, 7) is 3.28. The predicted molar refractivity (Wildman–Crippen MR) is 134 cm³/mol. The van der Waals surface area contributed by atoms with Gasteiger partial charge in [-0.15, -0.1) is 0 Å². The lowest BCUT2D eigenvalue weighted by Crippen LogP contribution is -2.56. The molecule has 1 rings (SSSR count). The first-order valence-electron chi connectivity index (χ1n) is 11.9. The number of hydrogen-bond acceptors (Lipinski definition) is 8. The molecule has 214 valence electrons. The van der Waals surface area contributed by atoms with Crippen molar-refractivity contribution in [2.45, 2.75) is 64.2 Å². The van der Waals surface area contributed by atoms with Gasteiger partial charge in [0.1, 0.15) is 29.9 Å². The number of carbonyl (C=O) groups is 7. The number of aliphatic carboxylic acids is 2. The van der Waals surface area contributed by atoms with E-state index in [9.17, 15) is 38.7 Å². The van der Waals surface area contributed by atoms with Gasteiger partial charge in [-0.25, -0.2) is 4.79 Å². The van der Waals surface area contributed by atoms with Gasteiger partial charge in [-0.05, 0) is 38.0 Å². The van der Waals surface area contributed by atoms with E-state index in [1.54, 1.807) is 12.1 Å². The van der Waals surface area contributed by atoms with Gasteiger partial charge in [-0.3, -0.25) is 28.8 Å². The van der Waals surface area contributed by atoms with Gasteiger partial charge in [0.2, 0.25) is 29.5 Å². The van der Waals surface area contributed by atoms with Crippen LogP contribution in [0.1, 0.15) is 39.2 Å². The molecular weight excluding hydrogens is 518 g/mol. The summed E-state index contributed by atoms with van der Waals surface area (Å²) >= 11 is 0. The Morgan fingerprint density at radius 2 is 1.33 bits per heavy atom. The second-order valence-electron chi connectivity index (χ2n) is 8.69. The Hall–Kier alpha value is -4.69. The highest BCUT2D eigenvalue weighted by atomic mass is 16.4. The fourth-order valence-corrected chi connectivity index (χ4v) is 3.20. The number of carboxylic acid groups (broad SMARTS) is 2. The van der Waals surface area contributed by atoms with Crippen molar-refractivity contribution in [3.05, 3.63) is 29.8 Å². The smallest absolute Gasteiger partial charge is 0.326 e. The predicted octanol–water partition coefficient (Wildman–Crippen LogP) is -2.00. The van der Waals surface area contributed by atoms with Crippen molar-refractivity contribution < 1.29 is 48.9 Å². The summed E-state index contributed by atoms with van der Waals surface area (Å²) in [6, 6.07) is 1.27. The molecule has 0 aliphatic heterocycles. The SMILES string of the molecule is CC(=O)N[C@@H](Cc1ccc(O)cc1)C(=O)N[C@@H](C)C(=O)N[C@@H](C)C(=O)NCC(=O)N[C@@H](CCC(=O)O)C(=O)O. The van der Waals surface area contributed by atoms with Crippen molar-refractivity contribution in [3.8, 4) is 5.75 Å². The highest BCUT2D eigenvalue weighted by Crippen LogP contribution is 2.11. The van der Waals surface area contributed by atoms with Gasteiger partial charge in [0.25, 0.3) is 0 Å². The zero-order valence-electron chi connectivity index (χ0n) is 21.6. The molecule has 39 heavy (non-hydrogen) atoms. The fraction of sp³-hybridized carbons (Fsp3) is 0.458. The van der Waals surface area contributed by atoms with E-state index in [0.29, 0.717) is 5.56 Å². The molecule has 0 bridgehead atoms. The van der Waals surface area contributed by atoms with E-state index in [1.807, 2.05) is 0 Å². The van der Waals surface area contributed by atoms with E-state index in [1.165, 1.54) is 32.9 Å². The molecule has 0 heterocycles. The number of phenolic OH excluding ortho intramolecular Hbond substituents is 1. The maximum Gasteiger partial charge on any atom is 0.326 e. The molecule has 0 fully saturated rings. The molecule has 0 aromatic heterocycles. The van der Waals surface area contributed by atoms with Crippen LogP contribution in [0.4, 0.5) is 0 Å². The molecule has 1 aromatic rings. The molecule has 0 aliphatic rings. The van der Waals surface area contributed by atoms with Gasteiger partial charge < -0.3 is 41.9 Å². The lowest BCUT2D eigenvalue weighted by molar-refractivity contribution is -0.143. The average Bonchev–Trinajstić information content (AvgIpc) is 2.85. The number of aromatic hydroxyl groups is 1. The number of amides is 5. The first-order valence-corrected chi connectivity index (χ1v) is 11.9. The number of rotatable bonds is 15. The van der Waals surface area contributed by atoms with Crippen LogP contribution in [-0.4, -0.2) is 87.5 Å². The normalized spacial score (nSPS) is 13.5. The minimum Gasteiger partial charge on any atom is -0.508 e. The van der Waals surface area contributed by atoms with Crippen molar-refractivity contribution in [1.82, 2.24) is 26.6 Å². The monoisotopic (exact) mass is 551 g/mol. The number of nitrogens with one attached hydrogen (secondary N) is 5. The lowest BCUT2D eigenvalue weighted by atomic mass is 10.0. The van der Waals surface area contributed by atoms with Crippen molar-refractivity contribution >= 4 is 41.5 Å². The topological polar surface area (TPSA) is 240 Å². The molecule has 0 aliphatic carbocycles. The molecule has 0 unspecified atom stereocenters. The Morgan fingerprint density at radius 3 is 1.87 bits per heavy atom. The minimum atomic E-state index is -1.46. The summed E-state index contributed by atoms with van der Waals surface area (Å²) < 4.78 is 0. The van der Waals surface area contributed by atoms with Crippen LogP contribution in [-0.2, 0) is 40.0 Å². The van der Waals surface area contributed by atoms with Crippen molar-refractivity contribution in [1.29, 1.82) is 0 Å². The van der Waals surface area contributed by atoms with Crippen LogP contribution in [0, 0.1) is 0 Å². The van der Waals surface area contributed by atoms with E-state index >= 15 is 0 Å². The summed E-state index contributed by atoms with van der Waals surface area (Å²) in [6.07, 6.45) is -0.748. The molecule has 0 radical (unpaired) electrons. The highest BCUT2D eigenvalue weighted by Gasteiger charge is 2.26. The van der Waals surface area contributed by atoms with E-state index < -0.39 is 78.6 Å². The van der Waals surface area contributed by atoms with Gasteiger partial charge in [0.15, 0.2) is 0 Å². The third-order valence-electron chi connectivity index (χ3n) is 5.28. The van der Waals surface area contributed by atoms with Gasteiger partial charge in [0.05, 0.1) is 6.54 Å². The maximum absolute atomic E-state index is 12.7. The second-order valence-corrected chi connectivity index (χ2v) is 8.69. The Balaban J connectivity index is 2.61. The van der Waals surface area contributed by atoms with Crippen LogP contribution in [0.25, 0.3) is 0 Å². The summed E-state index contributed by atoms with van der Waals surface area (Å²) in [5.41, 5.74) is 0.643. The first-order chi connectivity index (χ1) is 18.2. The molecule has 0 saturated carbocycles. The van der Waals surface area contributed by atoms with Crippen LogP contribution in [0.2, 0.25) is 0 Å². The Kier molecular flexibility index (Phi) is 12.9. The van der Waals surface area contributed by atoms with Crippen molar-refractivity contribution in [3.63, 3.8) is 0 Å². The van der Waals surface area contributed by atoms with Gasteiger partial charge in [-0.2, -0.15) is 0 Å². The summed E-state index contributed by atoms with van der Waals surface area (Å²) in [4.78, 5) is 82.8. The van der Waals surface area contributed by atoms with E-state index in [2.05, 4.69) is 26.6 Å². The Labute approximate surface area is 223 Å². The van der Waals surface area contributed by atoms with Crippen molar-refractivity contribution in [2.75, 3.05) is 6.54 Å². The molecule has 0 spiro atoms. The molecule has 15 heteroatoms. The lowest BCUT2D eigenvalue weighted by Gasteiger charge is -2.22. The van der Waals surface area contributed by atoms with Gasteiger partial charge >= 0.3 is 11.9 Å². The zero-order chi connectivity index (χ0) is 29.7. The molecular formula is C24H33N5O10. The summed E-state index contributed by atoms with van der Waals surface area (Å²) in [5, 5.41) is 38.8. The summed E-state index contributed by atoms with van der Waals surface area (Å²) in [7, 11) is 0. The Morgan fingerprint density at radius 1 is 0.769 bits per heavy atom. The number of carbonyl (C=O) groups excluding carboxylic acids is 5. The van der Waals surface area contributed by atoms with Crippen LogP contribution in [0.3, 0.4) is 0 Å². The number of phenols is 1. The maximum atomic E-state index is 12.7. The quantitative estimate of drug-likeness (QED) is 0.119. The van der Waals surface area contributed by atoms with Crippen LogP contribution >= 0.6 is 0 Å². The summed E-state index contributed by atoms with van der Waals surface area (Å²) in [5.74, 6) is -6.17. The third kappa shape index (κ3) is 12.4. The highest BCUT2D eigenvalue weighted by molar-refractivity contribution is 5.95.